The Balaban J connectivity index is 2.18. The first-order valence-corrected chi connectivity index (χ1v) is 8.37. The quantitative estimate of drug-likeness (QED) is 0.568. The molecule has 24 heavy (non-hydrogen) atoms. The van der Waals surface area contributed by atoms with Crippen molar-refractivity contribution in [2.24, 2.45) is 4.99 Å². The Morgan fingerprint density at radius 2 is 2.04 bits per heavy atom. The lowest BCUT2D eigenvalue weighted by Crippen LogP contribution is -2.19. The molecule has 0 heterocycles. The van der Waals surface area contributed by atoms with Crippen molar-refractivity contribution in [2.75, 3.05) is 13.7 Å². The fraction of sp³-hybridized carbons (Fsp3) is 0.211. The van der Waals surface area contributed by atoms with E-state index >= 15 is 0 Å². The molecule has 124 valence electrons. The summed E-state index contributed by atoms with van der Waals surface area (Å²) in [6.45, 7) is 2.53. The van der Waals surface area contributed by atoms with E-state index in [9.17, 15) is 9.59 Å². The van der Waals surface area contributed by atoms with Gasteiger partial charge in [-0.1, -0.05) is 40.2 Å². The summed E-state index contributed by atoms with van der Waals surface area (Å²) in [5.74, 6) is 0.104. The number of nitrogens with zero attached hydrogens (tertiary/aromatic N) is 1. The summed E-state index contributed by atoms with van der Waals surface area (Å²) in [5, 5.41) is 0. The monoisotopic (exact) mass is 387 g/mol. The van der Waals surface area contributed by atoms with Gasteiger partial charge in [0, 0.05) is 18.0 Å². The van der Waals surface area contributed by atoms with Crippen molar-refractivity contribution in [1.29, 1.82) is 0 Å². The number of rotatable bonds is 5. The van der Waals surface area contributed by atoms with Crippen LogP contribution in [0.3, 0.4) is 0 Å². The predicted molar refractivity (Wildman–Crippen MR) is 99.7 cm³/mol. The Kier molecular flexibility index (Phi) is 6.44. The molecule has 0 amide bonds. The number of carbonyl (C=O) groups excluding carboxylic acids is 2. The van der Waals surface area contributed by atoms with Gasteiger partial charge in [0.1, 0.15) is 5.75 Å². The molecule has 1 aliphatic rings. The van der Waals surface area contributed by atoms with E-state index in [-0.39, 0.29) is 17.1 Å². The minimum Gasteiger partial charge on any atom is -0.494 e. The van der Waals surface area contributed by atoms with Crippen molar-refractivity contribution in [1.82, 2.24) is 0 Å². The lowest BCUT2D eigenvalue weighted by molar-refractivity contribution is -0.116. The third-order valence-electron chi connectivity index (χ3n) is 3.43. The van der Waals surface area contributed by atoms with Crippen molar-refractivity contribution >= 4 is 39.3 Å². The molecular formula is C19H18BrNO3. The average Bonchev–Trinajstić information content (AvgIpc) is 2.73. The van der Waals surface area contributed by atoms with Gasteiger partial charge in [0.05, 0.1) is 17.9 Å². The van der Waals surface area contributed by atoms with Crippen LogP contribution >= 0.6 is 15.9 Å². The van der Waals surface area contributed by atoms with Crippen LogP contribution < -0.4 is 4.74 Å². The first kappa shape index (κ1) is 18.1. The van der Waals surface area contributed by atoms with Gasteiger partial charge in [0.25, 0.3) is 0 Å². The van der Waals surface area contributed by atoms with E-state index in [1.54, 1.807) is 19.2 Å². The Bertz CT molecular complexity index is 755. The summed E-state index contributed by atoms with van der Waals surface area (Å²) in [7, 11) is 1.55. The third kappa shape index (κ3) is 4.61. The van der Waals surface area contributed by atoms with Crippen molar-refractivity contribution in [3.05, 3.63) is 58.1 Å². The molecule has 0 unspecified atom stereocenters. The minimum atomic E-state index is -0.345. The van der Waals surface area contributed by atoms with Crippen LogP contribution in [0.5, 0.6) is 5.75 Å². The lowest BCUT2D eigenvalue weighted by atomic mass is 10.0. The molecule has 1 aromatic rings. The molecule has 5 heteroatoms. The molecular weight excluding hydrogens is 370 g/mol. The predicted octanol–water partition coefficient (Wildman–Crippen LogP) is 3.92. The molecule has 1 aliphatic carbocycles. The molecule has 0 saturated carbocycles. The Labute approximate surface area is 149 Å². The fourth-order valence-electron chi connectivity index (χ4n) is 2.18. The zero-order valence-corrected chi connectivity index (χ0v) is 15.2. The zero-order chi connectivity index (χ0) is 17.5. The Morgan fingerprint density at radius 3 is 2.67 bits per heavy atom. The van der Waals surface area contributed by atoms with Gasteiger partial charge in [-0.2, -0.15) is 0 Å². The van der Waals surface area contributed by atoms with Crippen molar-refractivity contribution < 1.29 is 14.3 Å². The number of hydrogen-bond donors (Lipinski definition) is 0. The molecule has 1 aromatic carbocycles. The topological polar surface area (TPSA) is 55.7 Å². The van der Waals surface area contributed by atoms with Crippen LogP contribution in [0.25, 0.3) is 6.08 Å². The van der Waals surface area contributed by atoms with Crippen LogP contribution in [0.4, 0.5) is 0 Å². The first-order valence-electron chi connectivity index (χ1n) is 7.58. The highest BCUT2D eigenvalue weighted by Gasteiger charge is 2.22. The highest BCUT2D eigenvalue weighted by atomic mass is 79.9. The van der Waals surface area contributed by atoms with Crippen molar-refractivity contribution in [3.63, 3.8) is 0 Å². The SMILES string of the molecule is CCOc1ccc(/C=C/C(=O)C2=CC(Br)=CCC(=NC)C2=O)cc1. The van der Waals surface area contributed by atoms with E-state index in [1.165, 1.54) is 6.08 Å². The molecule has 0 N–H and O–H groups in total. The summed E-state index contributed by atoms with van der Waals surface area (Å²) in [6.07, 6.45) is 6.85. The molecule has 0 aliphatic heterocycles. The second-order valence-corrected chi connectivity index (χ2v) is 5.97. The maximum atomic E-state index is 12.4. The molecule has 4 nitrogen and oxygen atoms in total. The molecule has 0 saturated heterocycles. The minimum absolute atomic E-state index is 0.110. The van der Waals surface area contributed by atoms with Crippen LogP contribution in [0.15, 0.2) is 57.5 Å². The van der Waals surface area contributed by atoms with E-state index in [0.29, 0.717) is 23.2 Å². The van der Waals surface area contributed by atoms with Gasteiger partial charge in [-0.3, -0.25) is 14.6 Å². The third-order valence-corrected chi connectivity index (χ3v) is 3.99. The van der Waals surface area contributed by atoms with Gasteiger partial charge < -0.3 is 4.74 Å². The second kappa shape index (κ2) is 8.55. The fourth-order valence-corrected chi connectivity index (χ4v) is 2.57. The van der Waals surface area contributed by atoms with Crippen LogP contribution in [-0.2, 0) is 9.59 Å². The highest BCUT2D eigenvalue weighted by Crippen LogP contribution is 2.19. The van der Waals surface area contributed by atoms with E-state index in [0.717, 1.165) is 11.3 Å². The maximum Gasteiger partial charge on any atom is 0.211 e. The number of hydrogen-bond acceptors (Lipinski definition) is 4. The van der Waals surface area contributed by atoms with Gasteiger partial charge in [0.15, 0.2) is 5.78 Å². The summed E-state index contributed by atoms with van der Waals surface area (Å²) < 4.78 is 6.08. The molecule has 0 aromatic heterocycles. The van der Waals surface area contributed by atoms with Crippen molar-refractivity contribution in [2.45, 2.75) is 13.3 Å². The molecule has 0 atom stereocenters. The Morgan fingerprint density at radius 1 is 1.33 bits per heavy atom. The van der Waals surface area contributed by atoms with Gasteiger partial charge >= 0.3 is 0 Å². The van der Waals surface area contributed by atoms with Crippen molar-refractivity contribution in [3.8, 4) is 5.75 Å². The number of allylic oxidation sites excluding steroid dienone is 5. The van der Waals surface area contributed by atoms with Crippen LogP contribution in [0, 0.1) is 0 Å². The second-order valence-electron chi connectivity index (χ2n) is 5.05. The first-order chi connectivity index (χ1) is 11.5. The Hall–Kier alpha value is -2.27. The van der Waals surface area contributed by atoms with E-state index in [4.69, 9.17) is 4.74 Å². The molecule has 2 rings (SSSR count). The number of ether oxygens (including phenoxy) is 1. The number of halogens is 1. The zero-order valence-electron chi connectivity index (χ0n) is 13.6. The number of Topliss-reactive ketones (excluding diaryl/α,β-unsaturated/α-hetero) is 1. The largest absolute Gasteiger partial charge is 0.494 e. The smallest absolute Gasteiger partial charge is 0.211 e. The number of ketones is 2. The normalized spacial score (nSPS) is 16.8. The van der Waals surface area contributed by atoms with Gasteiger partial charge in [-0.05, 0) is 36.8 Å². The molecule has 0 fully saturated rings. The van der Waals surface area contributed by atoms with Gasteiger partial charge in [-0.25, -0.2) is 0 Å². The maximum absolute atomic E-state index is 12.4. The summed E-state index contributed by atoms with van der Waals surface area (Å²) >= 11 is 3.34. The number of aliphatic imine (C=N–C) groups is 1. The summed E-state index contributed by atoms with van der Waals surface area (Å²) in [4.78, 5) is 28.7. The lowest BCUT2D eigenvalue weighted by Gasteiger charge is -2.03. The van der Waals surface area contributed by atoms with E-state index < -0.39 is 0 Å². The van der Waals surface area contributed by atoms with Crippen LogP contribution in [0.1, 0.15) is 18.9 Å². The molecule has 0 radical (unpaired) electrons. The highest BCUT2D eigenvalue weighted by molar-refractivity contribution is 9.11. The van der Waals surface area contributed by atoms with Gasteiger partial charge in [0.2, 0.25) is 5.78 Å². The van der Waals surface area contributed by atoms with E-state index in [1.807, 2.05) is 37.3 Å². The van der Waals surface area contributed by atoms with E-state index in [2.05, 4.69) is 20.9 Å². The number of carbonyl (C=O) groups is 2. The molecule has 0 bridgehead atoms. The average molecular weight is 388 g/mol. The summed E-state index contributed by atoms with van der Waals surface area (Å²) in [5.41, 5.74) is 1.34. The molecule has 0 spiro atoms. The summed E-state index contributed by atoms with van der Waals surface area (Å²) in [6, 6.07) is 7.38. The standard InChI is InChI=1S/C19H18BrNO3/c1-3-24-15-8-4-13(5-9-15)6-11-18(22)16-12-14(20)7-10-17(21-2)19(16)23/h4-9,11-12H,3,10H2,1-2H3/b11-6+,21-17?. The number of benzene rings is 1. The van der Waals surface area contributed by atoms with Crippen LogP contribution in [0.2, 0.25) is 0 Å². The van der Waals surface area contributed by atoms with Crippen LogP contribution in [-0.4, -0.2) is 30.9 Å². The van der Waals surface area contributed by atoms with Gasteiger partial charge in [-0.15, -0.1) is 0 Å².